The van der Waals surface area contributed by atoms with Gasteiger partial charge in [0.05, 0.1) is 6.54 Å². The average molecular weight is 224 g/mol. The molecular weight excluding hydrogens is 204 g/mol. The maximum absolute atomic E-state index is 5.42. The van der Waals surface area contributed by atoms with Crippen molar-refractivity contribution in [1.29, 1.82) is 0 Å². The summed E-state index contributed by atoms with van der Waals surface area (Å²) >= 11 is 0. The van der Waals surface area contributed by atoms with Crippen molar-refractivity contribution in [2.24, 2.45) is 17.6 Å². The molecule has 1 fully saturated rings. The van der Waals surface area contributed by atoms with Gasteiger partial charge >= 0.3 is 6.01 Å². The molecule has 1 aliphatic rings. The molecule has 2 rings (SSSR count). The van der Waals surface area contributed by atoms with Crippen LogP contribution >= 0.6 is 0 Å². The number of nitrogens with two attached hydrogens (primary N) is 1. The Morgan fingerprint density at radius 2 is 1.94 bits per heavy atom. The second kappa shape index (κ2) is 4.82. The molecule has 2 unspecified atom stereocenters. The largest absolute Gasteiger partial charge is 0.407 e. The van der Waals surface area contributed by atoms with Gasteiger partial charge in [0.2, 0.25) is 5.89 Å². The van der Waals surface area contributed by atoms with Crippen LogP contribution in [0.2, 0.25) is 0 Å². The first-order valence-electron chi connectivity index (χ1n) is 5.96. The predicted octanol–water partition coefficient (Wildman–Crippen LogP) is 1.76. The van der Waals surface area contributed by atoms with Crippen molar-refractivity contribution < 1.29 is 4.42 Å². The molecule has 1 heterocycles. The van der Waals surface area contributed by atoms with E-state index in [1.165, 1.54) is 19.3 Å². The van der Waals surface area contributed by atoms with Gasteiger partial charge in [-0.3, -0.25) is 0 Å². The molecule has 16 heavy (non-hydrogen) atoms. The summed E-state index contributed by atoms with van der Waals surface area (Å²) in [6.45, 7) is 4.89. The molecule has 5 nitrogen and oxygen atoms in total. The summed E-state index contributed by atoms with van der Waals surface area (Å²) in [5, 5.41) is 11.1. The highest BCUT2D eigenvalue weighted by molar-refractivity contribution is 5.19. The highest BCUT2D eigenvalue weighted by Crippen LogP contribution is 2.30. The molecule has 0 amide bonds. The molecule has 90 valence electrons. The zero-order valence-electron chi connectivity index (χ0n) is 9.94. The topological polar surface area (TPSA) is 77.0 Å². The Labute approximate surface area is 95.8 Å². The molecule has 0 bridgehead atoms. The Hall–Kier alpha value is -1.10. The van der Waals surface area contributed by atoms with Crippen molar-refractivity contribution >= 4 is 6.01 Å². The number of nitrogens with one attached hydrogen (secondary N) is 1. The van der Waals surface area contributed by atoms with E-state index in [0.717, 1.165) is 11.8 Å². The van der Waals surface area contributed by atoms with Crippen molar-refractivity contribution in [1.82, 2.24) is 10.2 Å². The van der Waals surface area contributed by atoms with E-state index in [0.29, 0.717) is 24.5 Å². The molecule has 0 radical (unpaired) electrons. The standard InChI is InChI=1S/C11H20N4O/c1-7-3-8(2)5-9(4-7)13-11-15-14-10(6-12)16-11/h7-9H,3-6,12H2,1-2H3,(H,13,15). The average Bonchev–Trinajstić information content (AvgIpc) is 2.64. The third-order valence-corrected chi connectivity index (χ3v) is 3.15. The van der Waals surface area contributed by atoms with E-state index < -0.39 is 0 Å². The minimum absolute atomic E-state index is 0.298. The molecule has 1 aliphatic carbocycles. The normalized spacial score (nSPS) is 30.3. The summed E-state index contributed by atoms with van der Waals surface area (Å²) in [5.41, 5.74) is 5.42. The van der Waals surface area contributed by atoms with Crippen molar-refractivity contribution in [3.63, 3.8) is 0 Å². The highest BCUT2D eigenvalue weighted by atomic mass is 16.4. The fraction of sp³-hybridized carbons (Fsp3) is 0.818. The van der Waals surface area contributed by atoms with Gasteiger partial charge in [-0.05, 0) is 31.1 Å². The molecule has 3 N–H and O–H groups in total. The Morgan fingerprint density at radius 1 is 1.25 bits per heavy atom. The van der Waals surface area contributed by atoms with Gasteiger partial charge in [0, 0.05) is 6.04 Å². The van der Waals surface area contributed by atoms with Gasteiger partial charge < -0.3 is 15.5 Å². The number of rotatable bonds is 3. The van der Waals surface area contributed by atoms with Gasteiger partial charge in [0.15, 0.2) is 0 Å². The van der Waals surface area contributed by atoms with E-state index in [4.69, 9.17) is 10.2 Å². The predicted molar refractivity (Wildman–Crippen MR) is 61.8 cm³/mol. The maximum atomic E-state index is 5.42. The Kier molecular flexibility index (Phi) is 3.43. The molecule has 0 spiro atoms. The summed E-state index contributed by atoms with van der Waals surface area (Å²) in [5.74, 6) is 2.01. The Balaban J connectivity index is 1.93. The first kappa shape index (κ1) is 11.4. The fourth-order valence-electron chi connectivity index (χ4n) is 2.63. The van der Waals surface area contributed by atoms with E-state index in [9.17, 15) is 0 Å². The van der Waals surface area contributed by atoms with E-state index in [2.05, 4.69) is 29.4 Å². The lowest BCUT2D eigenvalue weighted by Crippen LogP contribution is -2.30. The number of hydrogen-bond donors (Lipinski definition) is 2. The van der Waals surface area contributed by atoms with Crippen LogP contribution in [0.4, 0.5) is 6.01 Å². The van der Waals surface area contributed by atoms with E-state index in [-0.39, 0.29) is 0 Å². The van der Waals surface area contributed by atoms with Crippen LogP contribution in [0.3, 0.4) is 0 Å². The molecule has 1 aromatic rings. The molecule has 1 aromatic heterocycles. The van der Waals surface area contributed by atoms with Crippen LogP contribution in [0.25, 0.3) is 0 Å². The van der Waals surface area contributed by atoms with E-state index in [1.54, 1.807) is 0 Å². The van der Waals surface area contributed by atoms with Crippen molar-refractivity contribution in [2.75, 3.05) is 5.32 Å². The van der Waals surface area contributed by atoms with Crippen LogP contribution in [0.1, 0.15) is 39.0 Å². The molecule has 5 heteroatoms. The lowest BCUT2D eigenvalue weighted by Gasteiger charge is -2.31. The van der Waals surface area contributed by atoms with Gasteiger partial charge in [-0.15, -0.1) is 5.10 Å². The first-order chi connectivity index (χ1) is 7.67. The number of aromatic nitrogens is 2. The molecule has 0 aliphatic heterocycles. The van der Waals surface area contributed by atoms with Crippen molar-refractivity contribution in [3.05, 3.63) is 5.89 Å². The zero-order valence-corrected chi connectivity index (χ0v) is 9.94. The first-order valence-corrected chi connectivity index (χ1v) is 5.96. The second-order valence-electron chi connectivity index (χ2n) is 4.96. The van der Waals surface area contributed by atoms with Crippen LogP contribution in [-0.4, -0.2) is 16.2 Å². The van der Waals surface area contributed by atoms with Crippen LogP contribution in [0, 0.1) is 11.8 Å². The zero-order chi connectivity index (χ0) is 11.5. The van der Waals surface area contributed by atoms with Gasteiger partial charge in [-0.1, -0.05) is 18.9 Å². The van der Waals surface area contributed by atoms with Gasteiger partial charge in [0.1, 0.15) is 0 Å². The number of anilines is 1. The maximum Gasteiger partial charge on any atom is 0.315 e. The summed E-state index contributed by atoms with van der Waals surface area (Å²) in [4.78, 5) is 0. The summed E-state index contributed by atoms with van der Waals surface area (Å²) in [6, 6.07) is 0.955. The minimum atomic E-state index is 0.298. The number of hydrogen-bond acceptors (Lipinski definition) is 5. The fourth-order valence-corrected chi connectivity index (χ4v) is 2.63. The summed E-state index contributed by atoms with van der Waals surface area (Å²) in [7, 11) is 0. The molecule has 2 atom stereocenters. The monoisotopic (exact) mass is 224 g/mol. The van der Waals surface area contributed by atoms with Gasteiger partial charge in [-0.2, -0.15) is 0 Å². The van der Waals surface area contributed by atoms with Crippen molar-refractivity contribution in [3.8, 4) is 0 Å². The lowest BCUT2D eigenvalue weighted by molar-refractivity contribution is 0.277. The number of nitrogens with zero attached hydrogens (tertiary/aromatic N) is 2. The van der Waals surface area contributed by atoms with Crippen LogP contribution in [0.15, 0.2) is 4.42 Å². The smallest absolute Gasteiger partial charge is 0.315 e. The Bertz CT molecular complexity index is 328. The second-order valence-corrected chi connectivity index (χ2v) is 4.96. The summed E-state index contributed by atoms with van der Waals surface area (Å²) in [6.07, 6.45) is 3.66. The third-order valence-electron chi connectivity index (χ3n) is 3.15. The highest BCUT2D eigenvalue weighted by Gasteiger charge is 2.24. The molecular formula is C11H20N4O. The Morgan fingerprint density at radius 3 is 2.50 bits per heavy atom. The molecule has 0 aromatic carbocycles. The third kappa shape index (κ3) is 2.72. The van der Waals surface area contributed by atoms with Crippen LogP contribution < -0.4 is 11.1 Å². The van der Waals surface area contributed by atoms with Gasteiger partial charge in [-0.25, -0.2) is 0 Å². The van der Waals surface area contributed by atoms with Crippen LogP contribution in [0.5, 0.6) is 0 Å². The SMILES string of the molecule is CC1CC(C)CC(Nc2nnc(CN)o2)C1. The molecule has 0 saturated heterocycles. The van der Waals surface area contributed by atoms with E-state index in [1.807, 2.05) is 0 Å². The summed E-state index contributed by atoms with van der Waals surface area (Å²) < 4.78 is 5.35. The van der Waals surface area contributed by atoms with E-state index >= 15 is 0 Å². The van der Waals surface area contributed by atoms with Crippen LogP contribution in [-0.2, 0) is 6.54 Å². The lowest BCUT2D eigenvalue weighted by atomic mass is 9.80. The quantitative estimate of drug-likeness (QED) is 0.818. The minimum Gasteiger partial charge on any atom is -0.407 e. The van der Waals surface area contributed by atoms with Crippen molar-refractivity contribution in [2.45, 2.75) is 45.7 Å². The van der Waals surface area contributed by atoms with Gasteiger partial charge in [0.25, 0.3) is 0 Å². The molecule has 1 saturated carbocycles.